The van der Waals surface area contributed by atoms with Crippen LogP contribution in [-0.4, -0.2) is 34.2 Å². The zero-order valence-corrected chi connectivity index (χ0v) is 15.0. The summed E-state index contributed by atoms with van der Waals surface area (Å²) in [7, 11) is 4.10. The van der Waals surface area contributed by atoms with Crippen LogP contribution in [0.4, 0.5) is 17.1 Å². The van der Waals surface area contributed by atoms with Gasteiger partial charge in [-0.25, -0.2) is 0 Å². The van der Waals surface area contributed by atoms with Crippen LogP contribution >= 0.6 is 0 Å². The fraction of sp³-hybridized carbons (Fsp3) is 0.300. The van der Waals surface area contributed by atoms with Crippen molar-refractivity contribution >= 4 is 24.0 Å². The zero-order valence-electron chi connectivity index (χ0n) is 15.0. The summed E-state index contributed by atoms with van der Waals surface area (Å²) < 4.78 is 0. The van der Waals surface area contributed by atoms with E-state index in [0.717, 1.165) is 18.7 Å². The Bertz CT molecular complexity index is 727. The first kappa shape index (κ1) is 16.3. The quantitative estimate of drug-likeness (QED) is 0.634. The molecular weight excluding hydrogens is 293 g/mol. The van der Waals surface area contributed by atoms with E-state index in [1.165, 1.54) is 17.1 Å². The average Bonchev–Trinajstić information content (AvgIpc) is 2.92. The van der Waals surface area contributed by atoms with Crippen LogP contribution in [0.25, 0.3) is 0 Å². The normalized spacial score (nSPS) is 12.8. The third-order valence-electron chi connectivity index (χ3n) is 4.50. The Morgan fingerprint density at radius 1 is 0.875 bits per heavy atom. The molecule has 0 fully saturated rings. The number of hydrogen-bond donors (Lipinski definition) is 0. The van der Waals surface area contributed by atoms with Gasteiger partial charge in [-0.15, -0.1) is 0 Å². The largest absolute Gasteiger partial charge is 0.466 e. The summed E-state index contributed by atoms with van der Waals surface area (Å²) in [6, 6.07) is 17.0. The lowest BCUT2D eigenvalue weighted by molar-refractivity contribution is 1.06. The second-order valence-corrected chi connectivity index (χ2v) is 6.15. The highest BCUT2D eigenvalue weighted by atomic mass is 15.3. The Morgan fingerprint density at radius 3 is 1.88 bits per heavy atom. The molecule has 3 rings (SSSR count). The van der Waals surface area contributed by atoms with Gasteiger partial charge in [0.15, 0.2) is 0 Å². The van der Waals surface area contributed by atoms with E-state index in [2.05, 4.69) is 103 Å². The third kappa shape index (κ3) is 2.95. The summed E-state index contributed by atoms with van der Waals surface area (Å²) in [6.07, 6.45) is 0. The predicted molar refractivity (Wildman–Crippen MR) is 106 cm³/mol. The van der Waals surface area contributed by atoms with Crippen molar-refractivity contribution in [2.75, 3.05) is 41.7 Å². The number of anilines is 3. The molecule has 1 heterocycles. The SMILES string of the molecule is CCN1B(C#Cc2ccc(N(C)C)cc2)N(CC)c2ccccc21. The van der Waals surface area contributed by atoms with Gasteiger partial charge in [-0.1, -0.05) is 23.9 Å². The van der Waals surface area contributed by atoms with Crippen LogP contribution in [-0.2, 0) is 0 Å². The smallest absolute Gasteiger partial charge is 0.384 e. The lowest BCUT2D eigenvalue weighted by Gasteiger charge is -2.23. The lowest BCUT2D eigenvalue weighted by atomic mass is 9.74. The highest BCUT2D eigenvalue weighted by Crippen LogP contribution is 2.37. The van der Waals surface area contributed by atoms with Gasteiger partial charge >= 0.3 is 6.98 Å². The molecule has 0 spiro atoms. The second kappa shape index (κ2) is 6.92. The van der Waals surface area contributed by atoms with Crippen molar-refractivity contribution in [3.05, 3.63) is 54.1 Å². The number of nitrogens with zero attached hydrogens (tertiary/aromatic N) is 3. The average molecular weight is 317 g/mol. The minimum atomic E-state index is 0.103. The molecule has 1 aliphatic heterocycles. The highest BCUT2D eigenvalue weighted by Gasteiger charge is 2.37. The van der Waals surface area contributed by atoms with E-state index in [0.29, 0.717) is 0 Å². The van der Waals surface area contributed by atoms with Crippen LogP contribution in [0, 0.1) is 11.7 Å². The van der Waals surface area contributed by atoms with Crippen molar-refractivity contribution in [1.82, 2.24) is 0 Å². The van der Waals surface area contributed by atoms with Crippen LogP contribution in [0.2, 0.25) is 0 Å². The van der Waals surface area contributed by atoms with Gasteiger partial charge in [-0.05, 0) is 50.2 Å². The molecular formula is C20H24BN3. The summed E-state index contributed by atoms with van der Waals surface area (Å²) in [6.45, 7) is 6.39. The van der Waals surface area contributed by atoms with E-state index < -0.39 is 0 Å². The topological polar surface area (TPSA) is 9.72 Å². The molecule has 122 valence electrons. The van der Waals surface area contributed by atoms with Gasteiger partial charge in [-0.3, -0.25) is 0 Å². The zero-order chi connectivity index (χ0) is 17.1. The minimum Gasteiger partial charge on any atom is -0.384 e. The van der Waals surface area contributed by atoms with E-state index in [1.807, 2.05) is 0 Å². The van der Waals surface area contributed by atoms with Crippen molar-refractivity contribution in [3.8, 4) is 11.7 Å². The van der Waals surface area contributed by atoms with Crippen LogP contribution < -0.4 is 14.5 Å². The Morgan fingerprint density at radius 2 is 1.42 bits per heavy atom. The molecule has 2 aromatic carbocycles. The first-order chi connectivity index (χ1) is 11.7. The van der Waals surface area contributed by atoms with Crippen LogP contribution in [0.15, 0.2) is 48.5 Å². The summed E-state index contributed by atoms with van der Waals surface area (Å²) >= 11 is 0. The molecule has 1 aliphatic rings. The molecule has 3 nitrogen and oxygen atoms in total. The monoisotopic (exact) mass is 317 g/mol. The summed E-state index contributed by atoms with van der Waals surface area (Å²) in [5.41, 5.74) is 4.82. The number of benzene rings is 2. The first-order valence-electron chi connectivity index (χ1n) is 8.57. The van der Waals surface area contributed by atoms with Gasteiger partial charge in [0.25, 0.3) is 0 Å². The Labute approximate surface area is 146 Å². The summed E-state index contributed by atoms with van der Waals surface area (Å²) in [4.78, 5) is 6.85. The second-order valence-electron chi connectivity index (χ2n) is 6.15. The molecule has 0 saturated heterocycles. The van der Waals surface area contributed by atoms with Crippen LogP contribution in [0.1, 0.15) is 19.4 Å². The number of fused-ring (bicyclic) bond motifs is 1. The van der Waals surface area contributed by atoms with Gasteiger partial charge in [0.1, 0.15) is 0 Å². The Balaban J connectivity index is 1.89. The Kier molecular flexibility index (Phi) is 4.71. The van der Waals surface area contributed by atoms with Crippen molar-refractivity contribution < 1.29 is 0 Å². The van der Waals surface area contributed by atoms with Gasteiger partial charge in [0.05, 0.1) is 0 Å². The molecule has 0 atom stereocenters. The molecule has 0 aliphatic carbocycles. The fourth-order valence-corrected chi connectivity index (χ4v) is 3.21. The number of hydrogen-bond acceptors (Lipinski definition) is 3. The molecule has 0 saturated carbocycles. The van der Waals surface area contributed by atoms with Crippen LogP contribution in [0.3, 0.4) is 0 Å². The first-order valence-corrected chi connectivity index (χ1v) is 8.57. The van der Waals surface area contributed by atoms with Gasteiger partial charge in [-0.2, -0.15) is 0 Å². The minimum absolute atomic E-state index is 0.103. The van der Waals surface area contributed by atoms with Crippen molar-refractivity contribution in [3.63, 3.8) is 0 Å². The lowest BCUT2D eigenvalue weighted by Crippen LogP contribution is -2.47. The van der Waals surface area contributed by atoms with Gasteiger partial charge in [0, 0.05) is 49.8 Å². The molecule has 0 bridgehead atoms. The van der Waals surface area contributed by atoms with Crippen molar-refractivity contribution in [2.24, 2.45) is 0 Å². The van der Waals surface area contributed by atoms with Gasteiger partial charge < -0.3 is 14.5 Å². The Hall–Kier alpha value is -2.54. The predicted octanol–water partition coefficient (Wildman–Crippen LogP) is 3.50. The maximum Gasteiger partial charge on any atom is 0.466 e. The third-order valence-corrected chi connectivity index (χ3v) is 4.50. The van der Waals surface area contributed by atoms with Gasteiger partial charge in [0.2, 0.25) is 0 Å². The molecule has 0 aromatic heterocycles. The maximum absolute atomic E-state index is 3.48. The molecule has 0 amide bonds. The highest BCUT2D eigenvalue weighted by molar-refractivity contribution is 6.77. The fourth-order valence-electron chi connectivity index (χ4n) is 3.21. The number of rotatable bonds is 3. The summed E-state index contributed by atoms with van der Waals surface area (Å²) in [5.74, 6) is 6.85. The molecule has 4 heteroatoms. The molecule has 0 unspecified atom stereocenters. The van der Waals surface area contributed by atoms with E-state index in [4.69, 9.17) is 0 Å². The van der Waals surface area contributed by atoms with E-state index in [1.54, 1.807) is 0 Å². The van der Waals surface area contributed by atoms with Crippen LogP contribution in [0.5, 0.6) is 0 Å². The number of para-hydroxylation sites is 2. The molecule has 2 aromatic rings. The summed E-state index contributed by atoms with van der Waals surface area (Å²) in [5, 5.41) is 0. The van der Waals surface area contributed by atoms with Crippen molar-refractivity contribution in [2.45, 2.75) is 13.8 Å². The van der Waals surface area contributed by atoms with E-state index in [-0.39, 0.29) is 6.98 Å². The van der Waals surface area contributed by atoms with Crippen molar-refractivity contribution in [1.29, 1.82) is 0 Å². The molecule has 0 radical (unpaired) electrons. The standard InChI is InChI=1S/C20H24BN3/c1-5-23-19-9-7-8-10-20(19)24(6-2)21(23)16-15-17-11-13-18(14-12-17)22(3)4/h7-14H,5-6H2,1-4H3. The molecule has 24 heavy (non-hydrogen) atoms. The van der Waals surface area contributed by atoms with E-state index >= 15 is 0 Å². The maximum atomic E-state index is 3.48. The molecule has 0 N–H and O–H groups in total. The van der Waals surface area contributed by atoms with E-state index in [9.17, 15) is 0 Å².